The minimum Gasteiger partial charge on any atom is -0.493 e. The zero-order valence-corrected chi connectivity index (χ0v) is 11.7. The van der Waals surface area contributed by atoms with Gasteiger partial charge in [-0.25, -0.2) is 4.79 Å². The Labute approximate surface area is 113 Å². The Morgan fingerprint density at radius 2 is 2.18 bits per heavy atom. The average Bonchev–Trinajstić information content (AvgIpc) is 2.26. The highest BCUT2D eigenvalue weighted by Crippen LogP contribution is 2.30. The van der Waals surface area contributed by atoms with Crippen molar-refractivity contribution in [3.05, 3.63) is 29.8 Å². The van der Waals surface area contributed by atoms with Crippen LogP contribution in [0.5, 0.6) is 11.5 Å². The molecule has 1 rings (SSSR count). The summed E-state index contributed by atoms with van der Waals surface area (Å²) in [6.45, 7) is 1.91. The minimum atomic E-state index is -0.981. The van der Waals surface area contributed by atoms with Crippen LogP contribution in [0.15, 0.2) is 24.3 Å². The Hall–Kier alpha value is -1.24. The lowest BCUT2D eigenvalue weighted by Gasteiger charge is -2.12. The van der Waals surface area contributed by atoms with E-state index in [0.717, 1.165) is 11.6 Å². The second-order valence-corrected chi connectivity index (χ2v) is 5.00. The van der Waals surface area contributed by atoms with Crippen LogP contribution < -0.4 is 9.47 Å². The molecule has 0 radical (unpaired) electrons. The van der Waals surface area contributed by atoms with Gasteiger partial charge in [0.2, 0.25) is 0 Å². The number of hydrogen-bond acceptors (Lipinski definition) is 3. The molecule has 4 nitrogen and oxygen atoms in total. The third-order valence-electron chi connectivity index (χ3n) is 1.90. The fraction of sp³-hybridized carbons (Fsp3) is 0.250. The number of carboxylic acid groups (broad SMARTS) is 1. The van der Waals surface area contributed by atoms with Gasteiger partial charge in [-0.2, -0.15) is 0 Å². The van der Waals surface area contributed by atoms with Crippen LogP contribution in [0.2, 0.25) is 0 Å². The summed E-state index contributed by atoms with van der Waals surface area (Å²) in [7, 11) is 1.55. The maximum atomic E-state index is 10.4. The first-order valence-electron chi connectivity index (χ1n) is 4.92. The minimum absolute atomic E-state index is 0.0295. The average molecular weight is 348 g/mol. The Morgan fingerprint density at radius 3 is 2.71 bits per heavy atom. The third kappa shape index (κ3) is 4.64. The van der Waals surface area contributed by atoms with Crippen molar-refractivity contribution in [2.45, 2.75) is 11.0 Å². The number of hydrogen-bond donors (Lipinski definition) is 1. The van der Waals surface area contributed by atoms with Crippen LogP contribution in [0.4, 0.5) is 0 Å². The lowest BCUT2D eigenvalue weighted by Crippen LogP contribution is -2.03. The first-order valence-corrected chi connectivity index (χ1v) is 6.17. The van der Waals surface area contributed by atoms with Gasteiger partial charge in [-0.05, 0) is 53.3 Å². The summed E-state index contributed by atoms with van der Waals surface area (Å²) < 4.78 is 10.8. The van der Waals surface area contributed by atoms with Crippen molar-refractivity contribution in [1.29, 1.82) is 0 Å². The summed E-state index contributed by atoms with van der Waals surface area (Å²) in [5.74, 6) is 0.244. The molecular weight excluding hydrogens is 335 g/mol. The molecule has 0 fully saturated rings. The first-order chi connectivity index (χ1) is 8.02. The second kappa shape index (κ2) is 6.48. The van der Waals surface area contributed by atoms with Gasteiger partial charge in [0.15, 0.2) is 11.5 Å². The van der Waals surface area contributed by atoms with Gasteiger partial charge in [0, 0.05) is 6.08 Å². The van der Waals surface area contributed by atoms with Crippen LogP contribution in [-0.2, 0) is 4.79 Å². The van der Waals surface area contributed by atoms with E-state index in [4.69, 9.17) is 14.6 Å². The van der Waals surface area contributed by atoms with E-state index in [2.05, 4.69) is 22.6 Å². The van der Waals surface area contributed by atoms with Crippen molar-refractivity contribution in [3.63, 3.8) is 0 Å². The maximum absolute atomic E-state index is 10.4. The molecule has 0 amide bonds. The molecular formula is C12H13IO4. The van der Waals surface area contributed by atoms with E-state index in [0.29, 0.717) is 11.5 Å². The molecule has 1 aromatic carbocycles. The van der Waals surface area contributed by atoms with E-state index in [1.54, 1.807) is 25.3 Å². The van der Waals surface area contributed by atoms with Crippen molar-refractivity contribution in [2.24, 2.45) is 0 Å². The highest BCUT2D eigenvalue weighted by molar-refractivity contribution is 14.1. The molecule has 0 aliphatic heterocycles. The summed E-state index contributed by atoms with van der Waals surface area (Å²) in [5.41, 5.74) is 0.748. The predicted octanol–water partition coefficient (Wildman–Crippen LogP) is 2.95. The molecule has 0 aromatic heterocycles. The first kappa shape index (κ1) is 13.8. The highest BCUT2D eigenvalue weighted by atomic mass is 127. The van der Waals surface area contributed by atoms with Crippen LogP contribution >= 0.6 is 22.6 Å². The molecule has 5 heteroatoms. The van der Waals surface area contributed by atoms with Gasteiger partial charge in [-0.15, -0.1) is 0 Å². The summed E-state index contributed by atoms with van der Waals surface area (Å²) in [6.07, 6.45) is 2.58. The molecule has 1 aromatic rings. The van der Waals surface area contributed by atoms with Gasteiger partial charge in [-0.1, -0.05) is 6.07 Å². The Bertz CT molecular complexity index is 427. The fourth-order valence-electron chi connectivity index (χ4n) is 1.23. The number of carboxylic acids is 1. The maximum Gasteiger partial charge on any atom is 0.328 e. The number of alkyl halides is 1. The van der Waals surface area contributed by atoms with Crippen LogP contribution in [0, 0.1) is 0 Å². The van der Waals surface area contributed by atoms with Gasteiger partial charge in [0.25, 0.3) is 0 Å². The van der Waals surface area contributed by atoms with Crippen molar-refractivity contribution in [2.75, 3.05) is 7.11 Å². The Balaban J connectivity index is 2.95. The van der Waals surface area contributed by atoms with Crippen molar-refractivity contribution in [1.82, 2.24) is 0 Å². The van der Waals surface area contributed by atoms with Gasteiger partial charge in [0.1, 0.15) is 4.11 Å². The van der Waals surface area contributed by atoms with Crippen LogP contribution in [0.3, 0.4) is 0 Å². The number of ether oxygens (including phenoxy) is 2. The Morgan fingerprint density at radius 1 is 1.47 bits per heavy atom. The van der Waals surface area contributed by atoms with Gasteiger partial charge in [-0.3, -0.25) is 0 Å². The zero-order chi connectivity index (χ0) is 12.8. The molecule has 1 N–H and O–H groups in total. The van der Waals surface area contributed by atoms with Crippen molar-refractivity contribution in [3.8, 4) is 11.5 Å². The smallest absolute Gasteiger partial charge is 0.328 e. The van der Waals surface area contributed by atoms with Crippen molar-refractivity contribution < 1.29 is 19.4 Å². The van der Waals surface area contributed by atoms with E-state index in [1.165, 1.54) is 6.08 Å². The number of halogens is 1. The highest BCUT2D eigenvalue weighted by Gasteiger charge is 2.07. The number of methoxy groups -OCH3 is 1. The fourth-order valence-corrected chi connectivity index (χ4v) is 1.50. The molecule has 1 unspecified atom stereocenters. The normalized spacial score (nSPS) is 12.4. The second-order valence-electron chi connectivity index (χ2n) is 3.24. The standard InChI is InChI=1S/C12H13IO4/c1-8(13)17-10-5-3-9(4-6-12(14)15)7-11(10)16-2/h3-8H,1-2H3,(H,14,15)/b6-4+. The Kier molecular flexibility index (Phi) is 5.27. The van der Waals surface area contributed by atoms with E-state index in [9.17, 15) is 4.79 Å². The molecule has 0 spiro atoms. The summed E-state index contributed by atoms with van der Waals surface area (Å²) in [5, 5.41) is 8.53. The van der Waals surface area contributed by atoms with Crippen LogP contribution in [-0.4, -0.2) is 22.3 Å². The van der Waals surface area contributed by atoms with Gasteiger partial charge < -0.3 is 14.6 Å². The molecule has 0 heterocycles. The largest absolute Gasteiger partial charge is 0.493 e. The summed E-state index contributed by atoms with van der Waals surface area (Å²) >= 11 is 2.14. The number of carbonyl (C=O) groups is 1. The van der Waals surface area contributed by atoms with Crippen LogP contribution in [0.25, 0.3) is 6.08 Å². The van der Waals surface area contributed by atoms with Crippen LogP contribution in [0.1, 0.15) is 12.5 Å². The lowest BCUT2D eigenvalue weighted by molar-refractivity contribution is -0.131. The van der Waals surface area contributed by atoms with E-state index in [-0.39, 0.29) is 4.11 Å². The summed E-state index contributed by atoms with van der Waals surface area (Å²) in [6, 6.07) is 5.26. The SMILES string of the molecule is COc1cc(/C=C/C(=O)O)ccc1OC(C)I. The lowest BCUT2D eigenvalue weighted by atomic mass is 10.2. The molecule has 0 saturated heterocycles. The number of benzene rings is 1. The molecule has 17 heavy (non-hydrogen) atoms. The molecule has 92 valence electrons. The molecule has 0 saturated carbocycles. The predicted molar refractivity (Wildman–Crippen MR) is 73.8 cm³/mol. The quantitative estimate of drug-likeness (QED) is 0.505. The molecule has 0 aliphatic carbocycles. The van der Waals surface area contributed by atoms with E-state index < -0.39 is 5.97 Å². The third-order valence-corrected chi connectivity index (χ3v) is 2.15. The molecule has 1 atom stereocenters. The zero-order valence-electron chi connectivity index (χ0n) is 9.51. The van der Waals surface area contributed by atoms with Gasteiger partial charge in [0.05, 0.1) is 7.11 Å². The van der Waals surface area contributed by atoms with Gasteiger partial charge >= 0.3 is 5.97 Å². The van der Waals surface area contributed by atoms with Crippen molar-refractivity contribution >= 4 is 34.6 Å². The molecule has 0 bridgehead atoms. The van der Waals surface area contributed by atoms with E-state index >= 15 is 0 Å². The topological polar surface area (TPSA) is 55.8 Å². The monoisotopic (exact) mass is 348 g/mol. The number of aliphatic carboxylic acids is 1. The van der Waals surface area contributed by atoms with E-state index in [1.807, 2.05) is 6.92 Å². The molecule has 0 aliphatic rings. The summed E-state index contributed by atoms with van der Waals surface area (Å²) in [4.78, 5) is 10.4. The number of rotatable bonds is 5.